The van der Waals surface area contributed by atoms with Gasteiger partial charge in [0.1, 0.15) is 4.21 Å². The lowest BCUT2D eigenvalue weighted by Gasteiger charge is -2.03. The van der Waals surface area contributed by atoms with E-state index in [4.69, 9.17) is 0 Å². The van der Waals surface area contributed by atoms with Gasteiger partial charge in [0.05, 0.1) is 3.79 Å². The molecule has 0 radical (unpaired) electrons. The molecule has 7 heteroatoms. The zero-order chi connectivity index (χ0) is 12.0. The van der Waals surface area contributed by atoms with Crippen molar-refractivity contribution in [3.63, 3.8) is 0 Å². The minimum Gasteiger partial charge on any atom is -0.210 e. The zero-order valence-electron chi connectivity index (χ0n) is 8.90. The highest BCUT2D eigenvalue weighted by atomic mass is 79.9. The lowest BCUT2D eigenvalue weighted by Crippen LogP contribution is -2.24. The molecular formula is C9H14BrNO2S3. The third-order valence-corrected chi connectivity index (χ3v) is 6.15. The Labute approximate surface area is 113 Å². The maximum Gasteiger partial charge on any atom is 0.250 e. The van der Waals surface area contributed by atoms with E-state index in [1.54, 1.807) is 23.9 Å². The quantitative estimate of drug-likeness (QED) is 0.774. The molecular weight excluding hydrogens is 330 g/mol. The van der Waals surface area contributed by atoms with Crippen molar-refractivity contribution < 1.29 is 8.42 Å². The summed E-state index contributed by atoms with van der Waals surface area (Å²) in [7, 11) is -3.29. The minimum absolute atomic E-state index is 0.365. The maximum atomic E-state index is 11.8. The predicted molar refractivity (Wildman–Crippen MR) is 74.8 cm³/mol. The fourth-order valence-corrected chi connectivity index (χ4v) is 4.71. The smallest absolute Gasteiger partial charge is 0.210 e. The van der Waals surface area contributed by atoms with Crippen LogP contribution in [0, 0.1) is 0 Å². The van der Waals surface area contributed by atoms with Crippen LogP contribution >= 0.6 is 39.0 Å². The number of halogens is 1. The van der Waals surface area contributed by atoms with E-state index in [9.17, 15) is 8.42 Å². The zero-order valence-corrected chi connectivity index (χ0v) is 12.9. The number of rotatable bonds is 7. The summed E-state index contributed by atoms with van der Waals surface area (Å²) in [5, 5.41) is 0. The monoisotopic (exact) mass is 343 g/mol. The Morgan fingerprint density at radius 3 is 2.75 bits per heavy atom. The van der Waals surface area contributed by atoms with E-state index < -0.39 is 10.0 Å². The molecule has 0 aliphatic rings. The van der Waals surface area contributed by atoms with Crippen LogP contribution in [0.5, 0.6) is 0 Å². The number of sulfonamides is 1. The number of nitrogens with one attached hydrogen (secondary N) is 1. The van der Waals surface area contributed by atoms with Crippen LogP contribution < -0.4 is 4.72 Å². The standard InChI is InChI=1S/C9H14BrNO2S3/c1-14-7-3-2-6-11-16(12,13)9-5-4-8(10)15-9/h4-5,11H,2-3,6-7H2,1H3. The molecule has 0 aromatic carbocycles. The molecule has 0 atom stereocenters. The minimum atomic E-state index is -3.29. The third-order valence-electron chi connectivity index (χ3n) is 1.88. The number of thioether (sulfide) groups is 1. The van der Waals surface area contributed by atoms with Gasteiger partial charge in [-0.1, -0.05) is 0 Å². The van der Waals surface area contributed by atoms with Crippen molar-refractivity contribution in [1.82, 2.24) is 4.72 Å². The highest BCUT2D eigenvalue weighted by molar-refractivity contribution is 9.11. The summed E-state index contributed by atoms with van der Waals surface area (Å²) < 4.78 is 27.3. The first-order valence-corrected chi connectivity index (χ1v) is 9.29. The Bertz CT molecular complexity index is 416. The Hall–Kier alpha value is 0.440. The molecule has 92 valence electrons. The Morgan fingerprint density at radius 2 is 2.19 bits per heavy atom. The van der Waals surface area contributed by atoms with Gasteiger partial charge >= 0.3 is 0 Å². The summed E-state index contributed by atoms with van der Waals surface area (Å²) in [4.78, 5) is 0. The van der Waals surface area contributed by atoms with Gasteiger partial charge in [-0.15, -0.1) is 11.3 Å². The van der Waals surface area contributed by atoms with E-state index in [2.05, 4.69) is 20.7 Å². The highest BCUT2D eigenvalue weighted by Crippen LogP contribution is 2.25. The highest BCUT2D eigenvalue weighted by Gasteiger charge is 2.15. The van der Waals surface area contributed by atoms with Crippen LogP contribution in [0.1, 0.15) is 12.8 Å². The molecule has 1 aromatic rings. The number of unbranched alkanes of at least 4 members (excludes halogenated alkanes) is 1. The lowest BCUT2D eigenvalue weighted by atomic mass is 10.3. The normalized spacial score (nSPS) is 11.9. The van der Waals surface area contributed by atoms with Gasteiger partial charge in [0.15, 0.2) is 0 Å². The molecule has 1 heterocycles. The average molecular weight is 344 g/mol. The van der Waals surface area contributed by atoms with Crippen molar-refractivity contribution in [2.24, 2.45) is 0 Å². The van der Waals surface area contributed by atoms with Crippen molar-refractivity contribution in [3.8, 4) is 0 Å². The van der Waals surface area contributed by atoms with E-state index in [0.29, 0.717) is 10.8 Å². The predicted octanol–water partition coefficient (Wildman–Crippen LogP) is 2.93. The van der Waals surface area contributed by atoms with Crippen LogP contribution in [0.15, 0.2) is 20.1 Å². The summed E-state index contributed by atoms with van der Waals surface area (Å²) in [5.41, 5.74) is 0. The molecule has 0 aliphatic heterocycles. The van der Waals surface area contributed by atoms with Crippen LogP contribution in [-0.4, -0.2) is 27.0 Å². The number of hydrogen-bond acceptors (Lipinski definition) is 4. The SMILES string of the molecule is CSCCCCNS(=O)(=O)c1ccc(Br)s1. The molecule has 0 spiro atoms. The van der Waals surface area contributed by atoms with Gasteiger partial charge in [-0.3, -0.25) is 0 Å². The van der Waals surface area contributed by atoms with Gasteiger partial charge in [0.2, 0.25) is 10.0 Å². The van der Waals surface area contributed by atoms with Crippen LogP contribution in [0.4, 0.5) is 0 Å². The summed E-state index contributed by atoms with van der Waals surface area (Å²) in [6, 6.07) is 3.35. The van der Waals surface area contributed by atoms with Gasteiger partial charge < -0.3 is 0 Å². The largest absolute Gasteiger partial charge is 0.250 e. The second kappa shape index (κ2) is 7.00. The van der Waals surface area contributed by atoms with Gasteiger partial charge in [-0.25, -0.2) is 13.1 Å². The summed E-state index contributed by atoms with van der Waals surface area (Å²) in [6.45, 7) is 0.512. The van der Waals surface area contributed by atoms with Crippen LogP contribution in [-0.2, 0) is 10.0 Å². The lowest BCUT2D eigenvalue weighted by molar-refractivity contribution is 0.580. The van der Waals surface area contributed by atoms with Crippen molar-refractivity contribution in [2.75, 3.05) is 18.6 Å². The van der Waals surface area contributed by atoms with E-state index in [1.165, 1.54) is 11.3 Å². The molecule has 0 unspecified atom stereocenters. The van der Waals surface area contributed by atoms with E-state index >= 15 is 0 Å². The first-order valence-electron chi connectivity index (χ1n) is 4.80. The third kappa shape index (κ3) is 4.75. The molecule has 0 aliphatic carbocycles. The van der Waals surface area contributed by atoms with Crippen molar-refractivity contribution >= 4 is 49.1 Å². The van der Waals surface area contributed by atoms with E-state index in [0.717, 1.165) is 22.4 Å². The van der Waals surface area contributed by atoms with E-state index in [1.807, 2.05) is 6.26 Å². The van der Waals surface area contributed by atoms with E-state index in [-0.39, 0.29) is 0 Å². The number of thiophene rings is 1. The Morgan fingerprint density at radius 1 is 1.44 bits per heavy atom. The second-order valence-electron chi connectivity index (χ2n) is 3.16. The van der Waals surface area contributed by atoms with Gasteiger partial charge in [-0.05, 0) is 52.9 Å². The fourth-order valence-electron chi connectivity index (χ4n) is 1.09. The Balaban J connectivity index is 2.41. The number of hydrogen-bond donors (Lipinski definition) is 1. The molecule has 1 aromatic heterocycles. The van der Waals surface area contributed by atoms with Crippen molar-refractivity contribution in [3.05, 3.63) is 15.9 Å². The molecule has 0 bridgehead atoms. The Kier molecular flexibility index (Phi) is 6.35. The molecule has 0 fully saturated rings. The fraction of sp³-hybridized carbons (Fsp3) is 0.556. The summed E-state index contributed by atoms with van der Waals surface area (Å²) in [6.07, 6.45) is 3.97. The molecule has 0 saturated carbocycles. The molecule has 16 heavy (non-hydrogen) atoms. The van der Waals surface area contributed by atoms with Gasteiger partial charge in [0.25, 0.3) is 0 Å². The maximum absolute atomic E-state index is 11.8. The molecule has 3 nitrogen and oxygen atoms in total. The first kappa shape index (κ1) is 14.5. The van der Waals surface area contributed by atoms with Gasteiger partial charge in [-0.2, -0.15) is 11.8 Å². The molecule has 0 saturated heterocycles. The molecule has 1 rings (SSSR count). The molecule has 0 amide bonds. The van der Waals surface area contributed by atoms with Crippen molar-refractivity contribution in [2.45, 2.75) is 17.1 Å². The van der Waals surface area contributed by atoms with Crippen LogP contribution in [0.25, 0.3) is 0 Å². The van der Waals surface area contributed by atoms with Crippen molar-refractivity contribution in [1.29, 1.82) is 0 Å². The van der Waals surface area contributed by atoms with Gasteiger partial charge in [0, 0.05) is 6.54 Å². The average Bonchev–Trinajstić information content (AvgIpc) is 2.65. The second-order valence-corrected chi connectivity index (χ2v) is 8.60. The van der Waals surface area contributed by atoms with Crippen LogP contribution in [0.2, 0.25) is 0 Å². The first-order chi connectivity index (χ1) is 7.56. The van der Waals surface area contributed by atoms with Crippen LogP contribution in [0.3, 0.4) is 0 Å². The topological polar surface area (TPSA) is 46.2 Å². The summed E-state index contributed by atoms with van der Waals surface area (Å²) in [5.74, 6) is 1.08. The summed E-state index contributed by atoms with van der Waals surface area (Å²) >= 11 is 6.25. The molecule has 1 N–H and O–H groups in total.